The molecule has 0 unspecified atom stereocenters. The van der Waals surface area contributed by atoms with Crippen LogP contribution in [0.1, 0.15) is 39.2 Å². The molecule has 6 heteroatoms. The molecule has 0 atom stereocenters. The Morgan fingerprint density at radius 1 is 1.25 bits per heavy atom. The van der Waals surface area contributed by atoms with Gasteiger partial charge < -0.3 is 19.7 Å². The lowest BCUT2D eigenvalue weighted by Gasteiger charge is -2.36. The first-order chi connectivity index (χ1) is 11.3. The number of ether oxygens (including phenoxy) is 2. The Morgan fingerprint density at radius 2 is 1.92 bits per heavy atom. The van der Waals surface area contributed by atoms with E-state index >= 15 is 0 Å². The monoisotopic (exact) mass is 332 g/mol. The molecule has 24 heavy (non-hydrogen) atoms. The lowest BCUT2D eigenvalue weighted by Crippen LogP contribution is -2.55. The number of nitrogens with zero attached hydrogens (tertiary/aromatic N) is 1. The summed E-state index contributed by atoms with van der Waals surface area (Å²) in [6.45, 7) is 6.26. The smallest absolute Gasteiger partial charge is 0.410 e. The van der Waals surface area contributed by atoms with E-state index in [9.17, 15) is 9.59 Å². The van der Waals surface area contributed by atoms with Gasteiger partial charge in [-0.05, 0) is 39.2 Å². The molecule has 3 aliphatic rings. The van der Waals surface area contributed by atoms with Crippen LogP contribution in [0.2, 0.25) is 0 Å². The van der Waals surface area contributed by atoms with E-state index in [0.29, 0.717) is 6.54 Å². The molecule has 4 rings (SSSR count). The summed E-state index contributed by atoms with van der Waals surface area (Å²) in [6.07, 6.45) is 0.758. The van der Waals surface area contributed by atoms with Gasteiger partial charge in [-0.1, -0.05) is 30.3 Å². The van der Waals surface area contributed by atoms with Gasteiger partial charge in [0, 0.05) is 12.6 Å². The SMILES string of the molecule is CC(C)(C)OC(=O)N1CC2(NC(=O)OCc3ccccc3)CC1C2. The van der Waals surface area contributed by atoms with Gasteiger partial charge in [0.2, 0.25) is 0 Å². The van der Waals surface area contributed by atoms with Crippen molar-refractivity contribution in [1.29, 1.82) is 0 Å². The highest BCUT2D eigenvalue weighted by Crippen LogP contribution is 2.45. The largest absolute Gasteiger partial charge is 0.445 e. The Kier molecular flexibility index (Phi) is 4.15. The van der Waals surface area contributed by atoms with Gasteiger partial charge in [0.15, 0.2) is 0 Å². The van der Waals surface area contributed by atoms with Crippen molar-refractivity contribution in [3.05, 3.63) is 35.9 Å². The third-order valence-corrected chi connectivity index (χ3v) is 4.37. The summed E-state index contributed by atoms with van der Waals surface area (Å²) >= 11 is 0. The summed E-state index contributed by atoms with van der Waals surface area (Å²) in [4.78, 5) is 25.9. The zero-order valence-corrected chi connectivity index (χ0v) is 14.4. The van der Waals surface area contributed by atoms with Crippen LogP contribution in [0.15, 0.2) is 30.3 Å². The number of rotatable bonds is 3. The number of alkyl carbamates (subject to hydrolysis) is 1. The molecule has 2 amide bonds. The fourth-order valence-corrected chi connectivity index (χ4v) is 3.30. The zero-order chi connectivity index (χ0) is 17.4. The minimum Gasteiger partial charge on any atom is -0.445 e. The van der Waals surface area contributed by atoms with Crippen molar-refractivity contribution in [2.75, 3.05) is 6.54 Å². The highest BCUT2D eigenvalue weighted by Gasteiger charge is 2.58. The van der Waals surface area contributed by atoms with Crippen LogP contribution in [-0.2, 0) is 16.1 Å². The molecule has 0 spiro atoms. The summed E-state index contributed by atoms with van der Waals surface area (Å²) in [5.41, 5.74) is 0.0627. The second kappa shape index (κ2) is 6.00. The average Bonchev–Trinajstić information content (AvgIpc) is 3.00. The first-order valence-corrected chi connectivity index (χ1v) is 8.25. The Morgan fingerprint density at radius 3 is 2.54 bits per heavy atom. The quantitative estimate of drug-likeness (QED) is 0.924. The Hall–Kier alpha value is -2.24. The van der Waals surface area contributed by atoms with Gasteiger partial charge in [0.1, 0.15) is 12.2 Å². The van der Waals surface area contributed by atoms with E-state index in [-0.39, 0.29) is 24.3 Å². The highest BCUT2D eigenvalue weighted by atomic mass is 16.6. The first-order valence-electron chi connectivity index (χ1n) is 8.25. The molecule has 0 aromatic heterocycles. The van der Waals surface area contributed by atoms with E-state index in [1.807, 2.05) is 51.1 Å². The van der Waals surface area contributed by atoms with Crippen molar-refractivity contribution in [3.8, 4) is 0 Å². The van der Waals surface area contributed by atoms with E-state index in [1.54, 1.807) is 4.90 Å². The van der Waals surface area contributed by atoms with Crippen molar-refractivity contribution in [2.24, 2.45) is 0 Å². The summed E-state index contributed by atoms with van der Waals surface area (Å²) in [5.74, 6) is 0. The van der Waals surface area contributed by atoms with Gasteiger partial charge in [0.25, 0.3) is 0 Å². The molecule has 130 valence electrons. The molecular formula is C18H24N2O4. The van der Waals surface area contributed by atoms with Gasteiger partial charge in [-0.15, -0.1) is 0 Å². The maximum atomic E-state index is 12.2. The number of amides is 2. The normalized spacial score (nSPS) is 25.0. The van der Waals surface area contributed by atoms with Crippen LogP contribution in [0.3, 0.4) is 0 Å². The van der Waals surface area contributed by atoms with Gasteiger partial charge in [0.05, 0.1) is 5.54 Å². The maximum absolute atomic E-state index is 12.2. The number of nitrogens with one attached hydrogen (secondary N) is 1. The standard InChI is InChI=1S/C18H24N2O4/c1-17(2,3)24-16(22)20-12-18(9-14(20)10-18)19-15(21)23-11-13-7-5-4-6-8-13/h4-8,14H,9-12H2,1-3H3,(H,19,21). The Bertz CT molecular complexity index is 618. The predicted octanol–water partition coefficient (Wildman–Crippen LogP) is 3.06. The molecule has 1 N–H and O–H groups in total. The molecule has 1 aliphatic carbocycles. The number of carbonyl (C=O) groups excluding carboxylic acids is 2. The first kappa shape index (κ1) is 16.6. The van der Waals surface area contributed by atoms with Gasteiger partial charge >= 0.3 is 12.2 Å². The van der Waals surface area contributed by atoms with Crippen molar-refractivity contribution in [3.63, 3.8) is 0 Å². The molecule has 2 bridgehead atoms. The summed E-state index contributed by atoms with van der Waals surface area (Å²) in [6, 6.07) is 9.69. The maximum Gasteiger partial charge on any atom is 0.410 e. The fraction of sp³-hybridized carbons (Fsp3) is 0.556. The minimum absolute atomic E-state index is 0.147. The lowest BCUT2D eigenvalue weighted by molar-refractivity contribution is 0.0246. The van der Waals surface area contributed by atoms with Gasteiger partial charge in [-0.25, -0.2) is 9.59 Å². The van der Waals surface area contributed by atoms with E-state index in [2.05, 4.69) is 5.32 Å². The average molecular weight is 332 g/mol. The molecule has 2 aliphatic heterocycles. The van der Waals surface area contributed by atoms with Crippen LogP contribution >= 0.6 is 0 Å². The molecule has 2 saturated heterocycles. The number of hydrogen-bond donors (Lipinski definition) is 1. The van der Waals surface area contributed by atoms with Crippen molar-refractivity contribution in [1.82, 2.24) is 10.2 Å². The third kappa shape index (κ3) is 3.63. The summed E-state index contributed by atoms with van der Waals surface area (Å²) in [7, 11) is 0. The molecule has 1 aromatic rings. The second-order valence-corrected chi connectivity index (χ2v) is 7.64. The molecule has 6 nitrogen and oxygen atoms in total. The molecule has 3 fully saturated rings. The van der Waals surface area contributed by atoms with Crippen LogP contribution in [0, 0.1) is 0 Å². The molecule has 0 radical (unpaired) electrons. The fourth-order valence-electron chi connectivity index (χ4n) is 3.30. The van der Waals surface area contributed by atoms with Crippen LogP contribution < -0.4 is 5.32 Å². The summed E-state index contributed by atoms with van der Waals surface area (Å²) < 4.78 is 10.7. The van der Waals surface area contributed by atoms with Crippen molar-refractivity contribution < 1.29 is 19.1 Å². The molecule has 2 heterocycles. The van der Waals surface area contributed by atoms with Crippen molar-refractivity contribution >= 4 is 12.2 Å². The van der Waals surface area contributed by atoms with Gasteiger partial charge in [-0.3, -0.25) is 0 Å². The second-order valence-electron chi connectivity index (χ2n) is 7.64. The lowest BCUT2D eigenvalue weighted by atomic mass is 9.78. The van der Waals surface area contributed by atoms with E-state index in [0.717, 1.165) is 18.4 Å². The van der Waals surface area contributed by atoms with Crippen LogP contribution in [-0.4, -0.2) is 40.8 Å². The number of fused-ring (bicyclic) bond motifs is 1. The third-order valence-electron chi connectivity index (χ3n) is 4.37. The minimum atomic E-state index is -0.515. The Balaban J connectivity index is 1.49. The van der Waals surface area contributed by atoms with Crippen LogP contribution in [0.4, 0.5) is 9.59 Å². The topological polar surface area (TPSA) is 67.9 Å². The summed E-state index contributed by atoms with van der Waals surface area (Å²) in [5, 5.41) is 2.93. The van der Waals surface area contributed by atoms with E-state index < -0.39 is 11.7 Å². The predicted molar refractivity (Wildman–Crippen MR) is 88.5 cm³/mol. The number of benzene rings is 1. The molecule has 1 aromatic carbocycles. The number of carbonyl (C=O) groups is 2. The zero-order valence-electron chi connectivity index (χ0n) is 14.4. The van der Waals surface area contributed by atoms with Crippen LogP contribution in [0.25, 0.3) is 0 Å². The van der Waals surface area contributed by atoms with Crippen molar-refractivity contribution in [2.45, 2.75) is 57.4 Å². The van der Waals surface area contributed by atoms with Crippen LogP contribution in [0.5, 0.6) is 0 Å². The molecular weight excluding hydrogens is 308 g/mol. The highest BCUT2D eigenvalue weighted by molar-refractivity contribution is 5.73. The molecule has 1 saturated carbocycles. The van der Waals surface area contributed by atoms with Gasteiger partial charge in [-0.2, -0.15) is 0 Å². The number of hydrogen-bond acceptors (Lipinski definition) is 4. The van der Waals surface area contributed by atoms with E-state index in [4.69, 9.17) is 9.47 Å². The Labute approximate surface area is 142 Å². The van der Waals surface area contributed by atoms with E-state index in [1.165, 1.54) is 0 Å².